The molecule has 1 unspecified atom stereocenters. The molecule has 2 rings (SSSR count). The van der Waals surface area contributed by atoms with Crippen LogP contribution in [0.1, 0.15) is 24.1 Å². The van der Waals surface area contributed by atoms with Crippen molar-refractivity contribution in [1.82, 2.24) is 10.2 Å². The molecule has 0 saturated carbocycles. The van der Waals surface area contributed by atoms with Gasteiger partial charge >= 0.3 is 0 Å². The molecule has 2 N–H and O–H groups in total. The molecule has 0 aliphatic carbocycles. The number of halogens is 1. The lowest BCUT2D eigenvalue weighted by Crippen LogP contribution is -2.07. The van der Waals surface area contributed by atoms with Crippen LogP contribution in [0, 0.1) is 12.7 Å². The highest BCUT2D eigenvalue weighted by Crippen LogP contribution is 2.34. The minimum Gasteiger partial charge on any atom is -0.324 e. The van der Waals surface area contributed by atoms with E-state index in [0.29, 0.717) is 5.56 Å². The Labute approximate surface area is 107 Å². The first-order chi connectivity index (χ1) is 8.08. The molecular weight excluding hydrogens is 257 g/mol. The molecule has 2 aromatic rings. The van der Waals surface area contributed by atoms with Gasteiger partial charge in [-0.1, -0.05) is 23.1 Å². The predicted molar refractivity (Wildman–Crippen MR) is 67.8 cm³/mol. The molecule has 0 amide bonds. The lowest BCUT2D eigenvalue weighted by atomic mass is 10.1. The van der Waals surface area contributed by atoms with E-state index in [0.717, 1.165) is 14.8 Å². The number of benzene rings is 1. The lowest BCUT2D eigenvalue weighted by molar-refractivity contribution is 0.610. The van der Waals surface area contributed by atoms with E-state index >= 15 is 0 Å². The molecule has 3 nitrogen and oxygen atoms in total. The van der Waals surface area contributed by atoms with Gasteiger partial charge in [0.25, 0.3) is 0 Å². The Hall–Kier alpha value is -0.980. The van der Waals surface area contributed by atoms with Crippen LogP contribution < -0.4 is 5.73 Å². The maximum Gasteiger partial charge on any atom is 0.178 e. The summed E-state index contributed by atoms with van der Waals surface area (Å²) in [5, 5.41) is 7.74. The highest BCUT2D eigenvalue weighted by molar-refractivity contribution is 8.01. The summed E-state index contributed by atoms with van der Waals surface area (Å²) in [5.74, 6) is -0.223. The van der Waals surface area contributed by atoms with Crippen LogP contribution in [-0.2, 0) is 0 Å². The number of hydrogen-bond donors (Lipinski definition) is 1. The smallest absolute Gasteiger partial charge is 0.178 e. The summed E-state index contributed by atoms with van der Waals surface area (Å²) in [6.07, 6.45) is 0. The van der Waals surface area contributed by atoms with Crippen molar-refractivity contribution in [2.45, 2.75) is 29.1 Å². The van der Waals surface area contributed by atoms with Crippen LogP contribution in [0.25, 0.3) is 0 Å². The molecule has 0 bridgehead atoms. The Bertz CT molecular complexity index is 512. The number of rotatable bonds is 3. The average molecular weight is 269 g/mol. The van der Waals surface area contributed by atoms with E-state index in [4.69, 9.17) is 5.73 Å². The molecule has 1 aromatic heterocycles. The normalized spacial score (nSPS) is 12.7. The van der Waals surface area contributed by atoms with E-state index < -0.39 is 0 Å². The van der Waals surface area contributed by atoms with Crippen LogP contribution in [0.15, 0.2) is 26.9 Å². The first-order valence-corrected chi connectivity index (χ1v) is 6.77. The van der Waals surface area contributed by atoms with Crippen molar-refractivity contribution in [3.05, 3.63) is 34.6 Å². The Morgan fingerprint density at radius 3 is 2.82 bits per heavy atom. The Morgan fingerprint density at radius 2 is 2.24 bits per heavy atom. The van der Waals surface area contributed by atoms with E-state index in [1.807, 2.05) is 6.92 Å². The van der Waals surface area contributed by atoms with Crippen molar-refractivity contribution in [2.75, 3.05) is 0 Å². The van der Waals surface area contributed by atoms with Crippen molar-refractivity contribution >= 4 is 23.1 Å². The van der Waals surface area contributed by atoms with Gasteiger partial charge in [-0.05, 0) is 37.1 Å². The molecule has 0 aliphatic rings. The first kappa shape index (κ1) is 12.5. The SMILES string of the molecule is Cc1cc(Sc2nncs2)c(C(C)N)cc1F. The Balaban J connectivity index is 2.41. The van der Waals surface area contributed by atoms with Crippen molar-refractivity contribution in [1.29, 1.82) is 0 Å². The number of nitrogens with two attached hydrogens (primary N) is 1. The van der Waals surface area contributed by atoms with E-state index in [-0.39, 0.29) is 11.9 Å². The van der Waals surface area contributed by atoms with E-state index in [2.05, 4.69) is 10.2 Å². The Kier molecular flexibility index (Phi) is 3.76. The third-order valence-corrected chi connectivity index (χ3v) is 4.17. The quantitative estimate of drug-likeness (QED) is 0.930. The molecule has 1 aromatic carbocycles. The van der Waals surface area contributed by atoms with E-state index in [1.54, 1.807) is 18.5 Å². The van der Waals surface area contributed by atoms with Gasteiger partial charge in [-0.15, -0.1) is 10.2 Å². The van der Waals surface area contributed by atoms with Crippen LogP contribution in [0.4, 0.5) is 4.39 Å². The van der Waals surface area contributed by atoms with Gasteiger partial charge in [0.2, 0.25) is 0 Å². The number of aromatic nitrogens is 2. The molecule has 0 radical (unpaired) electrons. The van der Waals surface area contributed by atoms with Crippen LogP contribution in [0.5, 0.6) is 0 Å². The maximum atomic E-state index is 13.5. The second kappa shape index (κ2) is 5.12. The van der Waals surface area contributed by atoms with Crippen molar-refractivity contribution in [3.8, 4) is 0 Å². The molecule has 0 spiro atoms. The largest absolute Gasteiger partial charge is 0.324 e. The predicted octanol–water partition coefficient (Wildman–Crippen LogP) is 3.16. The molecule has 90 valence electrons. The number of hydrogen-bond acceptors (Lipinski definition) is 5. The Morgan fingerprint density at radius 1 is 1.47 bits per heavy atom. The number of nitrogens with zero attached hydrogens (tertiary/aromatic N) is 2. The fraction of sp³-hybridized carbons (Fsp3) is 0.273. The summed E-state index contributed by atoms with van der Waals surface area (Å²) in [4.78, 5) is 0.940. The van der Waals surface area contributed by atoms with Crippen LogP contribution in [0.2, 0.25) is 0 Å². The van der Waals surface area contributed by atoms with Crippen LogP contribution >= 0.6 is 23.1 Å². The van der Waals surface area contributed by atoms with Crippen LogP contribution in [0.3, 0.4) is 0 Å². The van der Waals surface area contributed by atoms with E-state index in [1.165, 1.54) is 29.2 Å². The van der Waals surface area contributed by atoms with E-state index in [9.17, 15) is 4.39 Å². The fourth-order valence-corrected chi connectivity index (χ4v) is 3.16. The zero-order valence-electron chi connectivity index (χ0n) is 9.48. The third-order valence-electron chi connectivity index (χ3n) is 2.32. The topological polar surface area (TPSA) is 51.8 Å². The van der Waals surface area contributed by atoms with Crippen molar-refractivity contribution < 1.29 is 4.39 Å². The molecule has 0 fully saturated rings. The highest BCUT2D eigenvalue weighted by Gasteiger charge is 2.13. The minimum atomic E-state index is -0.223. The third kappa shape index (κ3) is 2.83. The molecule has 17 heavy (non-hydrogen) atoms. The second-order valence-electron chi connectivity index (χ2n) is 3.73. The summed E-state index contributed by atoms with van der Waals surface area (Å²) >= 11 is 2.92. The molecule has 1 heterocycles. The molecule has 0 saturated heterocycles. The fourth-order valence-electron chi connectivity index (χ4n) is 1.42. The summed E-state index contributed by atoms with van der Waals surface area (Å²) in [6, 6.07) is 3.10. The zero-order chi connectivity index (χ0) is 12.4. The molecule has 6 heteroatoms. The molecule has 0 aliphatic heterocycles. The number of aryl methyl sites for hydroxylation is 1. The maximum absolute atomic E-state index is 13.5. The summed E-state index contributed by atoms with van der Waals surface area (Å²) < 4.78 is 14.3. The summed E-state index contributed by atoms with van der Waals surface area (Å²) in [6.45, 7) is 3.58. The molecular formula is C11H12FN3S2. The van der Waals surface area contributed by atoms with Gasteiger partial charge in [0, 0.05) is 10.9 Å². The second-order valence-corrected chi connectivity index (χ2v) is 5.86. The van der Waals surface area contributed by atoms with Gasteiger partial charge in [-0.25, -0.2) is 4.39 Å². The highest BCUT2D eigenvalue weighted by atomic mass is 32.2. The van der Waals surface area contributed by atoms with Crippen molar-refractivity contribution in [2.24, 2.45) is 5.73 Å². The van der Waals surface area contributed by atoms with Gasteiger partial charge in [0.05, 0.1) is 0 Å². The van der Waals surface area contributed by atoms with Crippen LogP contribution in [-0.4, -0.2) is 10.2 Å². The lowest BCUT2D eigenvalue weighted by Gasteiger charge is -2.12. The minimum absolute atomic E-state index is 0.208. The average Bonchev–Trinajstić information content (AvgIpc) is 2.75. The van der Waals surface area contributed by atoms with Gasteiger partial charge < -0.3 is 5.73 Å². The first-order valence-electron chi connectivity index (χ1n) is 5.07. The monoisotopic (exact) mass is 269 g/mol. The van der Waals surface area contributed by atoms with Gasteiger partial charge in [-0.2, -0.15) is 0 Å². The van der Waals surface area contributed by atoms with Gasteiger partial charge in [0.1, 0.15) is 11.3 Å². The summed E-state index contributed by atoms with van der Waals surface area (Å²) in [7, 11) is 0. The zero-order valence-corrected chi connectivity index (χ0v) is 11.1. The van der Waals surface area contributed by atoms with Gasteiger partial charge in [0.15, 0.2) is 4.34 Å². The standard InChI is InChI=1S/C11H12FN3S2/c1-6-3-10(17-11-15-14-5-16-11)8(7(2)13)4-9(6)12/h3-5,7H,13H2,1-2H3. The summed E-state index contributed by atoms with van der Waals surface area (Å²) in [5.41, 5.74) is 8.93. The van der Waals surface area contributed by atoms with Crippen molar-refractivity contribution in [3.63, 3.8) is 0 Å². The molecule has 1 atom stereocenters. The van der Waals surface area contributed by atoms with Gasteiger partial charge in [-0.3, -0.25) is 0 Å².